The van der Waals surface area contributed by atoms with Gasteiger partial charge in [-0.25, -0.2) is 4.79 Å². The van der Waals surface area contributed by atoms with Gasteiger partial charge < -0.3 is 14.8 Å². The standard InChI is InChI=1S/C15H20N6O6/c1-8-6-21(15(25)18-14(8)24)12-5-9(19-20-16)10(27-12)7-26-13(23)4-3-11(22)17-2/h6,9-10,12H,3-5,7H2,1-2H3,(H,17,22)(H,18,24,25). The third kappa shape index (κ3) is 5.19. The molecule has 1 aromatic heterocycles. The molecule has 146 valence electrons. The maximum atomic E-state index is 12.0. The number of rotatable bonds is 7. The van der Waals surface area contributed by atoms with E-state index in [0.29, 0.717) is 5.56 Å². The van der Waals surface area contributed by atoms with Gasteiger partial charge in [0.25, 0.3) is 5.56 Å². The summed E-state index contributed by atoms with van der Waals surface area (Å²) in [7, 11) is 1.46. The predicted octanol–water partition coefficient (Wildman–Crippen LogP) is -0.119. The summed E-state index contributed by atoms with van der Waals surface area (Å²) in [5.74, 6) is -0.883. The Morgan fingerprint density at radius 2 is 2.22 bits per heavy atom. The number of aryl methyl sites for hydroxylation is 1. The average molecular weight is 380 g/mol. The zero-order chi connectivity index (χ0) is 20.0. The molecule has 2 N–H and O–H groups in total. The maximum Gasteiger partial charge on any atom is 0.330 e. The lowest BCUT2D eigenvalue weighted by Gasteiger charge is -2.16. The highest BCUT2D eigenvalue weighted by Gasteiger charge is 2.37. The van der Waals surface area contributed by atoms with Crippen LogP contribution in [-0.2, 0) is 19.1 Å². The van der Waals surface area contributed by atoms with E-state index >= 15 is 0 Å². The molecule has 3 unspecified atom stereocenters. The SMILES string of the molecule is CNC(=O)CCC(=O)OCC1OC(n2cc(C)c(=O)[nH]c2=O)CC1N=[N+]=[N-]. The number of hydrogen-bond donors (Lipinski definition) is 2. The van der Waals surface area contributed by atoms with Gasteiger partial charge in [-0.05, 0) is 12.5 Å². The molecular formula is C15H20N6O6. The topological polar surface area (TPSA) is 168 Å². The van der Waals surface area contributed by atoms with Gasteiger partial charge in [-0.1, -0.05) is 5.11 Å². The lowest BCUT2D eigenvalue weighted by molar-refractivity contribution is -0.149. The van der Waals surface area contributed by atoms with Crippen LogP contribution in [0.1, 0.15) is 31.1 Å². The quantitative estimate of drug-likeness (QED) is 0.289. The van der Waals surface area contributed by atoms with Gasteiger partial charge in [-0.2, -0.15) is 0 Å². The van der Waals surface area contributed by atoms with Crippen molar-refractivity contribution in [1.29, 1.82) is 0 Å². The molecule has 1 aromatic rings. The summed E-state index contributed by atoms with van der Waals surface area (Å²) in [4.78, 5) is 51.3. The number of aromatic amines is 1. The molecule has 1 aliphatic rings. The summed E-state index contributed by atoms with van der Waals surface area (Å²) >= 11 is 0. The number of amides is 1. The largest absolute Gasteiger partial charge is 0.463 e. The van der Waals surface area contributed by atoms with Crippen molar-refractivity contribution in [2.45, 2.75) is 44.6 Å². The van der Waals surface area contributed by atoms with E-state index < -0.39 is 35.6 Å². The van der Waals surface area contributed by atoms with Crippen molar-refractivity contribution in [3.63, 3.8) is 0 Å². The highest BCUT2D eigenvalue weighted by atomic mass is 16.6. The molecule has 1 aliphatic heterocycles. The molecule has 0 radical (unpaired) electrons. The van der Waals surface area contributed by atoms with E-state index in [1.807, 2.05) is 0 Å². The van der Waals surface area contributed by atoms with E-state index in [4.69, 9.17) is 15.0 Å². The minimum atomic E-state index is -0.780. The van der Waals surface area contributed by atoms with E-state index in [9.17, 15) is 19.2 Å². The zero-order valence-corrected chi connectivity index (χ0v) is 14.9. The van der Waals surface area contributed by atoms with E-state index in [0.717, 1.165) is 0 Å². The van der Waals surface area contributed by atoms with E-state index in [-0.39, 0.29) is 31.8 Å². The normalized spacial score (nSPS) is 21.3. The van der Waals surface area contributed by atoms with Gasteiger partial charge in [-0.15, -0.1) is 0 Å². The van der Waals surface area contributed by atoms with Crippen molar-refractivity contribution in [1.82, 2.24) is 14.9 Å². The minimum absolute atomic E-state index is 0.00465. The molecule has 0 aliphatic carbocycles. The van der Waals surface area contributed by atoms with Crippen LogP contribution in [0, 0.1) is 6.92 Å². The molecule has 0 aromatic carbocycles. The van der Waals surface area contributed by atoms with Crippen molar-refractivity contribution in [3.05, 3.63) is 43.0 Å². The first kappa shape index (κ1) is 20.2. The van der Waals surface area contributed by atoms with Crippen molar-refractivity contribution in [2.24, 2.45) is 5.11 Å². The third-order valence-corrected chi connectivity index (χ3v) is 4.10. The van der Waals surface area contributed by atoms with E-state index in [1.54, 1.807) is 6.92 Å². The van der Waals surface area contributed by atoms with Gasteiger partial charge in [0.1, 0.15) is 18.9 Å². The molecule has 12 heteroatoms. The Labute approximate surface area is 153 Å². The number of carbonyl (C=O) groups excluding carboxylic acids is 2. The minimum Gasteiger partial charge on any atom is -0.463 e. The summed E-state index contributed by atoms with van der Waals surface area (Å²) in [5, 5.41) is 6.02. The first-order valence-corrected chi connectivity index (χ1v) is 8.23. The van der Waals surface area contributed by atoms with Gasteiger partial charge >= 0.3 is 11.7 Å². The average Bonchev–Trinajstić information content (AvgIpc) is 3.03. The summed E-state index contributed by atoms with van der Waals surface area (Å²) < 4.78 is 12.0. The van der Waals surface area contributed by atoms with E-state index in [1.165, 1.54) is 17.8 Å². The number of azide groups is 1. The van der Waals surface area contributed by atoms with Crippen molar-refractivity contribution >= 4 is 11.9 Å². The fraction of sp³-hybridized carbons (Fsp3) is 0.600. The Hall–Kier alpha value is -3.11. The molecular weight excluding hydrogens is 360 g/mol. The molecule has 2 rings (SSSR count). The molecule has 1 fully saturated rings. The lowest BCUT2D eigenvalue weighted by Crippen LogP contribution is -2.33. The van der Waals surface area contributed by atoms with Crippen molar-refractivity contribution in [3.8, 4) is 0 Å². The Balaban J connectivity index is 2.04. The number of esters is 1. The van der Waals surface area contributed by atoms with Crippen LogP contribution in [-0.4, -0.2) is 47.2 Å². The van der Waals surface area contributed by atoms with Crippen LogP contribution in [0.15, 0.2) is 20.9 Å². The van der Waals surface area contributed by atoms with Crippen LogP contribution in [0.3, 0.4) is 0 Å². The Morgan fingerprint density at radius 1 is 1.48 bits per heavy atom. The highest BCUT2D eigenvalue weighted by molar-refractivity contribution is 5.80. The fourth-order valence-electron chi connectivity index (χ4n) is 2.61. The predicted molar refractivity (Wildman–Crippen MR) is 91.8 cm³/mol. The van der Waals surface area contributed by atoms with Crippen LogP contribution in [0.2, 0.25) is 0 Å². The van der Waals surface area contributed by atoms with Crippen LogP contribution < -0.4 is 16.6 Å². The number of hydrogen-bond acceptors (Lipinski definition) is 7. The molecule has 1 saturated heterocycles. The zero-order valence-electron chi connectivity index (χ0n) is 14.9. The molecule has 3 atom stereocenters. The molecule has 0 spiro atoms. The van der Waals surface area contributed by atoms with Gasteiger partial charge in [0, 0.05) is 36.6 Å². The first-order chi connectivity index (χ1) is 12.8. The molecule has 27 heavy (non-hydrogen) atoms. The van der Waals surface area contributed by atoms with Crippen LogP contribution >= 0.6 is 0 Å². The summed E-state index contributed by atoms with van der Waals surface area (Å²) in [6.07, 6.45) is -0.102. The van der Waals surface area contributed by atoms with Gasteiger partial charge in [0.15, 0.2) is 0 Å². The highest BCUT2D eigenvalue weighted by Crippen LogP contribution is 2.30. The number of H-pyrrole nitrogens is 1. The van der Waals surface area contributed by atoms with Gasteiger partial charge in [0.05, 0.1) is 12.5 Å². The third-order valence-electron chi connectivity index (χ3n) is 4.10. The number of nitrogens with zero attached hydrogens (tertiary/aromatic N) is 4. The Morgan fingerprint density at radius 3 is 2.89 bits per heavy atom. The second kappa shape index (κ2) is 9.01. The van der Waals surface area contributed by atoms with Gasteiger partial charge in [-0.3, -0.25) is 23.9 Å². The second-order valence-electron chi connectivity index (χ2n) is 5.97. The Kier molecular flexibility index (Phi) is 6.74. The van der Waals surface area contributed by atoms with Crippen LogP contribution in [0.25, 0.3) is 10.4 Å². The molecule has 1 amide bonds. The van der Waals surface area contributed by atoms with Crippen molar-refractivity contribution < 1.29 is 19.1 Å². The number of aromatic nitrogens is 2. The van der Waals surface area contributed by atoms with Crippen molar-refractivity contribution in [2.75, 3.05) is 13.7 Å². The molecule has 12 nitrogen and oxygen atoms in total. The monoisotopic (exact) mass is 380 g/mol. The first-order valence-electron chi connectivity index (χ1n) is 8.23. The Bertz CT molecular complexity index is 870. The molecule has 2 heterocycles. The van der Waals surface area contributed by atoms with Gasteiger partial charge in [0.2, 0.25) is 5.91 Å². The van der Waals surface area contributed by atoms with E-state index in [2.05, 4.69) is 20.3 Å². The maximum absolute atomic E-state index is 12.0. The second-order valence-corrected chi connectivity index (χ2v) is 5.97. The van der Waals surface area contributed by atoms with Crippen LogP contribution in [0.5, 0.6) is 0 Å². The summed E-state index contributed by atoms with van der Waals surface area (Å²) in [6, 6.07) is -0.661. The molecule has 0 saturated carbocycles. The summed E-state index contributed by atoms with van der Waals surface area (Å²) in [5.41, 5.74) is 7.89. The lowest BCUT2D eigenvalue weighted by atomic mass is 10.1. The fourth-order valence-corrected chi connectivity index (χ4v) is 2.61. The number of nitrogens with one attached hydrogen (secondary N) is 2. The summed E-state index contributed by atoms with van der Waals surface area (Å²) in [6.45, 7) is 1.35. The van der Waals surface area contributed by atoms with Crippen LogP contribution in [0.4, 0.5) is 0 Å². The smallest absolute Gasteiger partial charge is 0.330 e. The number of carbonyl (C=O) groups is 2. The number of ether oxygens (including phenoxy) is 2. The molecule has 0 bridgehead atoms.